The van der Waals surface area contributed by atoms with E-state index in [9.17, 15) is 23.2 Å². The number of benzene rings is 1. The molecule has 3 rings (SSSR count). The number of aromatic amines is 1. The summed E-state index contributed by atoms with van der Waals surface area (Å²) >= 11 is 0. The number of nitrogens with zero attached hydrogens (tertiary/aromatic N) is 1. The van der Waals surface area contributed by atoms with Crippen LogP contribution in [0.2, 0.25) is 0 Å². The summed E-state index contributed by atoms with van der Waals surface area (Å²) in [7, 11) is 0. The number of hydrogen-bond donors (Lipinski definition) is 4. The Kier molecular flexibility index (Phi) is 6.76. The fourth-order valence-corrected chi connectivity index (χ4v) is 2.87. The molecule has 0 spiro atoms. The Hall–Kier alpha value is -3.30. The number of amides is 3. The number of nitrogens with one attached hydrogen (secondary N) is 4. The Morgan fingerprint density at radius 2 is 1.87 bits per heavy atom. The lowest BCUT2D eigenvalue weighted by Gasteiger charge is -2.16. The van der Waals surface area contributed by atoms with Crippen LogP contribution in [0.1, 0.15) is 42.2 Å². The molecule has 1 aromatic heterocycles. The second kappa shape index (κ2) is 9.47. The van der Waals surface area contributed by atoms with E-state index in [1.165, 1.54) is 6.07 Å². The quantitative estimate of drug-likeness (QED) is 0.497. The minimum Gasteiger partial charge on any atom is -0.350 e. The van der Waals surface area contributed by atoms with E-state index in [-0.39, 0.29) is 35.8 Å². The number of carbonyl (C=O) groups is 3. The van der Waals surface area contributed by atoms with Gasteiger partial charge in [-0.2, -0.15) is 5.10 Å². The van der Waals surface area contributed by atoms with Crippen molar-refractivity contribution in [3.8, 4) is 0 Å². The molecule has 4 N–H and O–H groups in total. The molecule has 3 amide bonds. The Balaban J connectivity index is 1.52. The van der Waals surface area contributed by atoms with Gasteiger partial charge in [-0.1, -0.05) is 6.92 Å². The number of anilines is 1. The molecule has 1 fully saturated rings. The summed E-state index contributed by atoms with van der Waals surface area (Å²) < 4.78 is 26.5. The van der Waals surface area contributed by atoms with Crippen molar-refractivity contribution in [2.24, 2.45) is 5.92 Å². The summed E-state index contributed by atoms with van der Waals surface area (Å²) in [5.41, 5.74) is 0.380. The van der Waals surface area contributed by atoms with E-state index in [1.807, 2.05) is 0 Å². The predicted molar refractivity (Wildman–Crippen MR) is 105 cm³/mol. The second-order valence-electron chi connectivity index (χ2n) is 7.29. The molecular weight excluding hydrogens is 396 g/mol. The highest BCUT2D eigenvalue weighted by atomic mass is 19.1. The highest BCUT2D eigenvalue weighted by molar-refractivity contribution is 5.98. The van der Waals surface area contributed by atoms with Gasteiger partial charge >= 0.3 is 0 Å². The average Bonchev–Trinajstić information content (AvgIpc) is 3.40. The van der Waals surface area contributed by atoms with Crippen molar-refractivity contribution in [2.75, 3.05) is 11.9 Å². The monoisotopic (exact) mass is 419 g/mol. The number of halogens is 2. The van der Waals surface area contributed by atoms with Crippen molar-refractivity contribution in [2.45, 2.75) is 38.6 Å². The normalized spacial score (nSPS) is 14.1. The summed E-state index contributed by atoms with van der Waals surface area (Å²) in [6.07, 6.45) is 2.24. The first-order valence-corrected chi connectivity index (χ1v) is 9.73. The van der Waals surface area contributed by atoms with Gasteiger partial charge in [0.05, 0.1) is 6.42 Å². The number of carbonyl (C=O) groups excluding carboxylic acids is 3. The number of aromatic nitrogens is 2. The van der Waals surface area contributed by atoms with Crippen LogP contribution in [0.3, 0.4) is 0 Å². The van der Waals surface area contributed by atoms with Gasteiger partial charge in [0.15, 0.2) is 5.82 Å². The first kappa shape index (κ1) is 21.4. The molecule has 1 aromatic carbocycles. The first-order valence-electron chi connectivity index (χ1n) is 9.73. The van der Waals surface area contributed by atoms with Crippen molar-refractivity contribution < 1.29 is 23.2 Å². The van der Waals surface area contributed by atoms with Gasteiger partial charge in [-0.25, -0.2) is 8.78 Å². The van der Waals surface area contributed by atoms with E-state index < -0.39 is 29.5 Å². The van der Waals surface area contributed by atoms with E-state index >= 15 is 0 Å². The second-order valence-corrected chi connectivity index (χ2v) is 7.29. The smallest absolute Gasteiger partial charge is 0.269 e. The average molecular weight is 419 g/mol. The summed E-state index contributed by atoms with van der Waals surface area (Å²) in [6.45, 7) is 2.31. The zero-order valence-corrected chi connectivity index (χ0v) is 16.4. The molecule has 1 unspecified atom stereocenters. The summed E-state index contributed by atoms with van der Waals surface area (Å²) in [5.74, 6) is -2.25. The zero-order valence-electron chi connectivity index (χ0n) is 16.4. The standard InChI is InChI=1S/C20H23F2N5O3/c1-2-15(24-18(28)7-12-5-13(21)8-14(22)6-12)20(30)25-17-9-16(26-27-17)19(29)23-10-11-3-4-11/h5-6,8-9,11,15H,2-4,7,10H2,1H3,(H,23,29)(H,24,28)(H2,25,26,27,30). The molecule has 10 heteroatoms. The van der Waals surface area contributed by atoms with Gasteiger partial charge in [-0.15, -0.1) is 0 Å². The summed E-state index contributed by atoms with van der Waals surface area (Å²) in [6, 6.07) is 3.37. The van der Waals surface area contributed by atoms with Gasteiger partial charge in [0.2, 0.25) is 11.8 Å². The molecule has 1 aliphatic rings. The van der Waals surface area contributed by atoms with E-state index in [0.717, 1.165) is 25.0 Å². The van der Waals surface area contributed by atoms with Crippen LogP contribution in [-0.4, -0.2) is 40.5 Å². The Morgan fingerprint density at radius 3 is 2.50 bits per heavy atom. The summed E-state index contributed by atoms with van der Waals surface area (Å²) in [5, 5.41) is 14.3. The Morgan fingerprint density at radius 1 is 1.17 bits per heavy atom. The SMILES string of the molecule is CCC(NC(=O)Cc1cc(F)cc(F)c1)C(=O)Nc1cc(C(=O)NCC2CC2)[nH]n1. The van der Waals surface area contributed by atoms with Crippen LogP contribution >= 0.6 is 0 Å². The fraction of sp³-hybridized carbons (Fsp3) is 0.400. The highest BCUT2D eigenvalue weighted by Gasteiger charge is 2.23. The van der Waals surface area contributed by atoms with Gasteiger partial charge in [-0.3, -0.25) is 19.5 Å². The molecule has 0 radical (unpaired) electrons. The number of rotatable bonds is 9. The fourth-order valence-electron chi connectivity index (χ4n) is 2.87. The van der Waals surface area contributed by atoms with Crippen molar-refractivity contribution in [3.63, 3.8) is 0 Å². The van der Waals surface area contributed by atoms with Gasteiger partial charge in [0.25, 0.3) is 5.91 Å². The molecular formula is C20H23F2N5O3. The summed E-state index contributed by atoms with van der Waals surface area (Å²) in [4.78, 5) is 36.6. The number of H-pyrrole nitrogens is 1. The molecule has 30 heavy (non-hydrogen) atoms. The van der Waals surface area contributed by atoms with E-state index in [0.29, 0.717) is 18.5 Å². The molecule has 0 aliphatic heterocycles. The molecule has 1 aliphatic carbocycles. The molecule has 8 nitrogen and oxygen atoms in total. The predicted octanol–water partition coefficient (Wildman–Crippen LogP) is 1.90. The molecule has 2 aromatic rings. The van der Waals surface area contributed by atoms with Crippen molar-refractivity contribution in [1.82, 2.24) is 20.8 Å². The highest BCUT2D eigenvalue weighted by Crippen LogP contribution is 2.27. The third kappa shape index (κ3) is 6.10. The Bertz CT molecular complexity index is 922. The lowest BCUT2D eigenvalue weighted by Crippen LogP contribution is -2.44. The van der Waals surface area contributed by atoms with Crippen molar-refractivity contribution in [1.29, 1.82) is 0 Å². The first-order chi connectivity index (χ1) is 14.3. The Labute approximate surface area is 171 Å². The maximum absolute atomic E-state index is 13.3. The van der Waals surface area contributed by atoms with Crippen LogP contribution in [0, 0.1) is 17.6 Å². The van der Waals surface area contributed by atoms with Gasteiger partial charge in [0, 0.05) is 18.7 Å². The van der Waals surface area contributed by atoms with E-state index in [1.54, 1.807) is 6.92 Å². The topological polar surface area (TPSA) is 116 Å². The maximum Gasteiger partial charge on any atom is 0.269 e. The molecule has 1 saturated carbocycles. The zero-order chi connectivity index (χ0) is 21.7. The van der Waals surface area contributed by atoms with Crippen molar-refractivity contribution >= 4 is 23.5 Å². The minimum atomic E-state index is -0.875. The number of hydrogen-bond acceptors (Lipinski definition) is 4. The van der Waals surface area contributed by atoms with Gasteiger partial charge in [-0.05, 0) is 42.9 Å². The minimum absolute atomic E-state index is 0.150. The van der Waals surface area contributed by atoms with Crippen LogP contribution in [0.4, 0.5) is 14.6 Å². The largest absolute Gasteiger partial charge is 0.350 e. The third-order valence-electron chi connectivity index (χ3n) is 4.67. The molecule has 0 saturated heterocycles. The van der Waals surface area contributed by atoms with Crippen LogP contribution < -0.4 is 16.0 Å². The molecule has 1 heterocycles. The lowest BCUT2D eigenvalue weighted by atomic mass is 10.1. The molecule has 0 bridgehead atoms. The van der Waals surface area contributed by atoms with Gasteiger partial charge in [0.1, 0.15) is 23.4 Å². The van der Waals surface area contributed by atoms with E-state index in [4.69, 9.17) is 0 Å². The van der Waals surface area contributed by atoms with Crippen LogP contribution in [0.15, 0.2) is 24.3 Å². The van der Waals surface area contributed by atoms with Crippen LogP contribution in [0.5, 0.6) is 0 Å². The van der Waals surface area contributed by atoms with E-state index in [2.05, 4.69) is 26.1 Å². The third-order valence-corrected chi connectivity index (χ3v) is 4.67. The molecule has 1 atom stereocenters. The van der Waals surface area contributed by atoms with Crippen molar-refractivity contribution in [3.05, 3.63) is 47.2 Å². The van der Waals surface area contributed by atoms with Crippen LogP contribution in [0.25, 0.3) is 0 Å². The van der Waals surface area contributed by atoms with Gasteiger partial charge < -0.3 is 16.0 Å². The lowest BCUT2D eigenvalue weighted by molar-refractivity contribution is -0.126. The van der Waals surface area contributed by atoms with Crippen LogP contribution in [-0.2, 0) is 16.0 Å². The maximum atomic E-state index is 13.3. The molecule has 160 valence electrons.